The molecule has 0 spiro atoms. The third kappa shape index (κ3) is 2.89. The Kier molecular flexibility index (Phi) is 7.41. The molecule has 0 aromatic heterocycles. The number of hydrogen-bond donors (Lipinski definition) is 0. The second kappa shape index (κ2) is 7.14. The van der Waals surface area contributed by atoms with Crippen LogP contribution < -0.4 is 48.0 Å². The first kappa shape index (κ1) is 16.6. The normalized spacial score (nSPS) is 10.0. The van der Waals surface area contributed by atoms with Crippen LogP contribution in [0.1, 0.15) is 11.1 Å². The minimum atomic E-state index is 0. The van der Waals surface area contributed by atoms with E-state index < -0.39 is 0 Å². The molecule has 79 valence electrons. The van der Waals surface area contributed by atoms with Crippen LogP contribution in [0.3, 0.4) is 0 Å². The number of benzene rings is 2. The smallest absolute Gasteiger partial charge is 1.00 e. The summed E-state index contributed by atoms with van der Waals surface area (Å²) in [7, 11) is 0. The molecule has 0 N–H and O–H groups in total. The zero-order chi connectivity index (χ0) is 8.67. The number of rotatable bonds is 0. The first-order chi connectivity index (χ1) is 6.45. The Morgan fingerprint density at radius 3 is 2.38 bits per heavy atom. The average molecular weight is 467 g/mol. The molecule has 0 unspecified atom stereocenters. The van der Waals surface area contributed by atoms with Crippen molar-refractivity contribution in [3.8, 4) is 11.1 Å². The SMILES string of the molecule is [I-].[I-].[Ti+3].[c-]1cccc2c1Cc1ccccc1-2. The minimum Gasteiger partial charge on any atom is -1.00 e. The van der Waals surface area contributed by atoms with E-state index in [0.29, 0.717) is 0 Å². The van der Waals surface area contributed by atoms with Crippen LogP contribution in [0.25, 0.3) is 11.1 Å². The van der Waals surface area contributed by atoms with Crippen LogP contribution in [-0.2, 0) is 28.1 Å². The van der Waals surface area contributed by atoms with Crippen molar-refractivity contribution in [2.45, 2.75) is 6.42 Å². The van der Waals surface area contributed by atoms with Crippen LogP contribution in [0.2, 0.25) is 0 Å². The summed E-state index contributed by atoms with van der Waals surface area (Å²) in [6.45, 7) is 0. The van der Waals surface area contributed by atoms with Gasteiger partial charge in [0.25, 0.3) is 0 Å². The van der Waals surface area contributed by atoms with Gasteiger partial charge in [0.2, 0.25) is 0 Å². The predicted octanol–water partition coefficient (Wildman–Crippen LogP) is -2.94. The van der Waals surface area contributed by atoms with Crippen molar-refractivity contribution in [3.63, 3.8) is 0 Å². The van der Waals surface area contributed by atoms with Gasteiger partial charge >= 0.3 is 21.7 Å². The van der Waals surface area contributed by atoms with Crippen molar-refractivity contribution in [3.05, 3.63) is 59.7 Å². The quantitative estimate of drug-likeness (QED) is 0.189. The zero-order valence-electron chi connectivity index (χ0n) is 8.50. The summed E-state index contributed by atoms with van der Waals surface area (Å²) in [4.78, 5) is 0. The van der Waals surface area contributed by atoms with Crippen LogP contribution >= 0.6 is 0 Å². The minimum absolute atomic E-state index is 0. The van der Waals surface area contributed by atoms with Crippen molar-refractivity contribution in [1.29, 1.82) is 0 Å². The summed E-state index contributed by atoms with van der Waals surface area (Å²) < 4.78 is 0. The molecule has 1 aliphatic rings. The van der Waals surface area contributed by atoms with E-state index >= 15 is 0 Å². The molecule has 0 bridgehead atoms. The van der Waals surface area contributed by atoms with Gasteiger partial charge in [0.1, 0.15) is 0 Å². The molecular formula is C13H9I2Ti. The summed E-state index contributed by atoms with van der Waals surface area (Å²) in [5, 5.41) is 0. The molecule has 0 fully saturated rings. The van der Waals surface area contributed by atoms with Crippen molar-refractivity contribution in [2.75, 3.05) is 0 Å². The first-order valence-electron chi connectivity index (χ1n) is 4.53. The molecule has 0 saturated carbocycles. The Morgan fingerprint density at radius 1 is 0.875 bits per heavy atom. The maximum Gasteiger partial charge on any atom is 3.00 e. The van der Waals surface area contributed by atoms with E-state index in [4.69, 9.17) is 0 Å². The van der Waals surface area contributed by atoms with Gasteiger partial charge in [-0.1, -0.05) is 35.4 Å². The van der Waals surface area contributed by atoms with Gasteiger partial charge in [-0.15, -0.1) is 5.56 Å². The molecule has 0 amide bonds. The summed E-state index contributed by atoms with van der Waals surface area (Å²) in [6.07, 6.45) is 1.05. The number of hydrogen-bond acceptors (Lipinski definition) is 0. The van der Waals surface area contributed by atoms with E-state index in [2.05, 4.69) is 42.5 Å². The van der Waals surface area contributed by atoms with E-state index in [1.807, 2.05) is 6.07 Å². The summed E-state index contributed by atoms with van der Waals surface area (Å²) in [6, 6.07) is 18.1. The average Bonchev–Trinajstić information content (AvgIpc) is 2.56. The summed E-state index contributed by atoms with van der Waals surface area (Å²) in [5.41, 5.74) is 5.51. The van der Waals surface area contributed by atoms with Gasteiger partial charge in [-0.2, -0.15) is 29.8 Å². The third-order valence-electron chi connectivity index (χ3n) is 2.62. The van der Waals surface area contributed by atoms with Gasteiger partial charge < -0.3 is 48.0 Å². The second-order valence-corrected chi connectivity index (χ2v) is 3.40. The fourth-order valence-electron chi connectivity index (χ4n) is 2.00. The molecule has 0 nitrogen and oxygen atoms in total. The number of halogens is 2. The van der Waals surface area contributed by atoms with Crippen molar-refractivity contribution < 1.29 is 69.7 Å². The number of fused-ring (bicyclic) bond motifs is 3. The molecular weight excluding hydrogens is 458 g/mol. The molecule has 2 aromatic carbocycles. The van der Waals surface area contributed by atoms with Gasteiger partial charge in [0, 0.05) is 0 Å². The summed E-state index contributed by atoms with van der Waals surface area (Å²) in [5.74, 6) is 0. The van der Waals surface area contributed by atoms with Gasteiger partial charge in [-0.3, -0.25) is 0 Å². The Bertz CT molecular complexity index is 425. The van der Waals surface area contributed by atoms with Crippen LogP contribution in [-0.4, -0.2) is 0 Å². The third-order valence-corrected chi connectivity index (χ3v) is 2.62. The van der Waals surface area contributed by atoms with Gasteiger partial charge in [0.05, 0.1) is 0 Å². The Balaban J connectivity index is 0.000000750. The largest absolute Gasteiger partial charge is 3.00 e. The Labute approximate surface area is 145 Å². The maximum atomic E-state index is 3.30. The van der Waals surface area contributed by atoms with E-state index in [-0.39, 0.29) is 69.7 Å². The monoisotopic (exact) mass is 467 g/mol. The van der Waals surface area contributed by atoms with Crippen LogP contribution in [0.4, 0.5) is 0 Å². The van der Waals surface area contributed by atoms with Gasteiger partial charge in [-0.05, 0) is 6.42 Å². The maximum absolute atomic E-state index is 3.30. The zero-order valence-corrected chi connectivity index (χ0v) is 14.4. The Hall–Kier alpha value is 0.614. The molecule has 0 atom stereocenters. The van der Waals surface area contributed by atoms with Crippen molar-refractivity contribution in [1.82, 2.24) is 0 Å². The molecule has 0 aliphatic heterocycles. The molecule has 1 aliphatic carbocycles. The topological polar surface area (TPSA) is 0 Å². The van der Waals surface area contributed by atoms with Crippen LogP contribution in [0, 0.1) is 6.07 Å². The predicted molar refractivity (Wildman–Crippen MR) is 53.5 cm³/mol. The van der Waals surface area contributed by atoms with Gasteiger partial charge in [0.15, 0.2) is 0 Å². The standard InChI is InChI=1S/C13H9.2HI.Ti/c1-3-7-12-10(5-1)9-11-6-2-4-8-13(11)12;;;/h1-5,7-8H,9H2;2*1H;/q-1;;;+3/p-2. The summed E-state index contributed by atoms with van der Waals surface area (Å²) >= 11 is 0. The molecule has 0 saturated heterocycles. The Morgan fingerprint density at radius 2 is 1.56 bits per heavy atom. The molecule has 0 heterocycles. The van der Waals surface area contributed by atoms with Crippen LogP contribution in [0.5, 0.6) is 0 Å². The molecule has 3 heteroatoms. The second-order valence-electron chi connectivity index (χ2n) is 3.40. The fourth-order valence-corrected chi connectivity index (χ4v) is 2.00. The van der Waals surface area contributed by atoms with E-state index in [0.717, 1.165) is 6.42 Å². The molecule has 1 radical (unpaired) electrons. The van der Waals surface area contributed by atoms with E-state index in [1.54, 1.807) is 0 Å². The molecule has 16 heavy (non-hydrogen) atoms. The molecule has 2 aromatic rings. The van der Waals surface area contributed by atoms with Crippen molar-refractivity contribution >= 4 is 0 Å². The first-order valence-corrected chi connectivity index (χ1v) is 4.53. The van der Waals surface area contributed by atoms with Crippen LogP contribution in [0.15, 0.2) is 42.5 Å². The van der Waals surface area contributed by atoms with Gasteiger partial charge in [-0.25, -0.2) is 0 Å². The van der Waals surface area contributed by atoms with E-state index in [9.17, 15) is 0 Å². The fraction of sp³-hybridized carbons (Fsp3) is 0.0769. The van der Waals surface area contributed by atoms with Crippen molar-refractivity contribution in [2.24, 2.45) is 0 Å². The van der Waals surface area contributed by atoms with E-state index in [1.165, 1.54) is 22.3 Å². The molecule has 3 rings (SSSR count).